The first-order valence-electron chi connectivity index (χ1n) is 9.52. The Morgan fingerprint density at radius 2 is 1.70 bits per heavy atom. The predicted octanol–water partition coefficient (Wildman–Crippen LogP) is 2.10. The van der Waals surface area contributed by atoms with Crippen LogP contribution in [0, 0.1) is 13.8 Å². The lowest BCUT2D eigenvalue weighted by molar-refractivity contribution is 0.308. The molecule has 1 aromatic heterocycles. The SMILES string of the molecule is Cc1ccc(S(=O)(=O)N2CCC(c3nn(C)c(=O)n3C3CC3)CC2)cc1C. The molecule has 2 aromatic rings. The average molecular weight is 391 g/mol. The molecule has 1 aliphatic heterocycles. The predicted molar refractivity (Wildman–Crippen MR) is 102 cm³/mol. The molecule has 0 spiro atoms. The number of rotatable bonds is 4. The molecule has 27 heavy (non-hydrogen) atoms. The molecule has 1 saturated carbocycles. The summed E-state index contributed by atoms with van der Waals surface area (Å²) in [5.74, 6) is 0.957. The van der Waals surface area contributed by atoms with Crippen LogP contribution in [0.3, 0.4) is 0 Å². The number of sulfonamides is 1. The van der Waals surface area contributed by atoms with Crippen molar-refractivity contribution in [2.45, 2.75) is 56.4 Å². The molecule has 1 saturated heterocycles. The number of nitrogens with zero attached hydrogens (tertiary/aromatic N) is 4. The number of benzene rings is 1. The van der Waals surface area contributed by atoms with Gasteiger partial charge in [-0.25, -0.2) is 17.9 Å². The van der Waals surface area contributed by atoms with E-state index in [9.17, 15) is 13.2 Å². The Labute approximate surface area is 159 Å². The number of aryl methyl sites for hydroxylation is 3. The molecule has 0 amide bonds. The first-order chi connectivity index (χ1) is 12.8. The molecule has 0 unspecified atom stereocenters. The van der Waals surface area contributed by atoms with Gasteiger partial charge in [-0.3, -0.25) is 4.57 Å². The summed E-state index contributed by atoms with van der Waals surface area (Å²) in [5.41, 5.74) is 2.01. The van der Waals surface area contributed by atoms with E-state index < -0.39 is 10.0 Å². The van der Waals surface area contributed by atoms with Crippen LogP contribution in [0.2, 0.25) is 0 Å². The van der Waals surface area contributed by atoms with Crippen LogP contribution in [-0.2, 0) is 17.1 Å². The van der Waals surface area contributed by atoms with Gasteiger partial charge in [0.05, 0.1) is 4.90 Å². The van der Waals surface area contributed by atoms with E-state index in [4.69, 9.17) is 0 Å². The summed E-state index contributed by atoms with van der Waals surface area (Å²) in [5, 5.41) is 4.46. The van der Waals surface area contributed by atoms with Gasteiger partial charge in [-0.15, -0.1) is 0 Å². The fourth-order valence-corrected chi connectivity index (χ4v) is 5.39. The van der Waals surface area contributed by atoms with Crippen molar-refractivity contribution in [2.24, 2.45) is 7.05 Å². The van der Waals surface area contributed by atoms with E-state index in [1.165, 1.54) is 4.68 Å². The highest BCUT2D eigenvalue weighted by Gasteiger charge is 2.36. The van der Waals surface area contributed by atoms with E-state index >= 15 is 0 Å². The third kappa shape index (κ3) is 3.25. The summed E-state index contributed by atoms with van der Waals surface area (Å²) < 4.78 is 30.8. The number of hydrogen-bond donors (Lipinski definition) is 0. The lowest BCUT2D eigenvalue weighted by Crippen LogP contribution is -2.38. The van der Waals surface area contributed by atoms with Gasteiger partial charge in [0.1, 0.15) is 5.82 Å². The van der Waals surface area contributed by atoms with Gasteiger partial charge in [0.15, 0.2) is 0 Å². The molecule has 2 heterocycles. The Hall–Kier alpha value is -1.93. The summed E-state index contributed by atoms with van der Waals surface area (Å²) in [6.07, 6.45) is 3.43. The summed E-state index contributed by atoms with van der Waals surface area (Å²) in [4.78, 5) is 12.7. The minimum atomic E-state index is -3.48. The lowest BCUT2D eigenvalue weighted by Gasteiger charge is -2.31. The van der Waals surface area contributed by atoms with Gasteiger partial charge in [-0.05, 0) is 62.8 Å². The van der Waals surface area contributed by atoms with Crippen molar-refractivity contribution in [3.05, 3.63) is 45.6 Å². The van der Waals surface area contributed by atoms with Crippen LogP contribution in [0.5, 0.6) is 0 Å². The maximum absolute atomic E-state index is 13.0. The van der Waals surface area contributed by atoms with Gasteiger partial charge in [0.2, 0.25) is 10.0 Å². The van der Waals surface area contributed by atoms with Gasteiger partial charge < -0.3 is 0 Å². The van der Waals surface area contributed by atoms with E-state index in [0.717, 1.165) is 29.8 Å². The molecule has 1 aromatic carbocycles. The van der Waals surface area contributed by atoms with E-state index in [2.05, 4.69) is 5.10 Å². The molecule has 0 radical (unpaired) electrons. The number of hydrogen-bond acceptors (Lipinski definition) is 4. The molecule has 146 valence electrons. The van der Waals surface area contributed by atoms with E-state index in [1.54, 1.807) is 23.5 Å². The van der Waals surface area contributed by atoms with Crippen molar-refractivity contribution < 1.29 is 8.42 Å². The number of aromatic nitrogens is 3. The van der Waals surface area contributed by atoms with Crippen molar-refractivity contribution in [2.75, 3.05) is 13.1 Å². The Kier molecular flexibility index (Phi) is 4.50. The first-order valence-corrected chi connectivity index (χ1v) is 11.0. The highest BCUT2D eigenvalue weighted by atomic mass is 32.2. The van der Waals surface area contributed by atoms with E-state index in [-0.39, 0.29) is 17.6 Å². The van der Waals surface area contributed by atoms with Crippen LogP contribution in [0.4, 0.5) is 0 Å². The Morgan fingerprint density at radius 3 is 2.30 bits per heavy atom. The highest BCUT2D eigenvalue weighted by Crippen LogP contribution is 2.38. The van der Waals surface area contributed by atoms with Gasteiger partial charge in [-0.1, -0.05) is 6.07 Å². The largest absolute Gasteiger partial charge is 0.345 e. The average Bonchev–Trinajstić information content (AvgIpc) is 3.43. The van der Waals surface area contributed by atoms with E-state index in [0.29, 0.717) is 30.8 Å². The maximum atomic E-state index is 13.0. The second-order valence-electron chi connectivity index (χ2n) is 7.79. The zero-order chi connectivity index (χ0) is 19.3. The zero-order valence-electron chi connectivity index (χ0n) is 16.1. The fourth-order valence-electron chi connectivity index (χ4n) is 3.83. The maximum Gasteiger partial charge on any atom is 0.345 e. The molecular weight excluding hydrogens is 364 g/mol. The summed E-state index contributed by atoms with van der Waals surface area (Å²) in [6, 6.07) is 5.57. The minimum absolute atomic E-state index is 0.0577. The van der Waals surface area contributed by atoms with Crippen LogP contribution in [0.25, 0.3) is 0 Å². The minimum Gasteiger partial charge on any atom is -0.276 e. The summed E-state index contributed by atoms with van der Waals surface area (Å²) >= 11 is 0. The van der Waals surface area contributed by atoms with Crippen LogP contribution in [-0.4, -0.2) is 40.2 Å². The van der Waals surface area contributed by atoms with Gasteiger partial charge >= 0.3 is 5.69 Å². The van der Waals surface area contributed by atoms with Gasteiger partial charge in [0.25, 0.3) is 0 Å². The molecule has 2 aliphatic rings. The third-order valence-electron chi connectivity index (χ3n) is 5.83. The lowest BCUT2D eigenvalue weighted by atomic mass is 9.97. The van der Waals surface area contributed by atoms with Gasteiger partial charge in [0, 0.05) is 32.1 Å². The highest BCUT2D eigenvalue weighted by molar-refractivity contribution is 7.89. The normalized spacial score (nSPS) is 19.5. The summed E-state index contributed by atoms with van der Waals surface area (Å²) in [7, 11) is -1.80. The van der Waals surface area contributed by atoms with Gasteiger partial charge in [-0.2, -0.15) is 9.40 Å². The summed E-state index contributed by atoms with van der Waals surface area (Å²) in [6.45, 7) is 4.81. The Morgan fingerprint density at radius 1 is 1.04 bits per heavy atom. The van der Waals surface area contributed by atoms with Crippen molar-refractivity contribution in [3.63, 3.8) is 0 Å². The van der Waals surface area contributed by atoms with Crippen molar-refractivity contribution in [1.82, 2.24) is 18.7 Å². The third-order valence-corrected chi connectivity index (χ3v) is 7.72. The Balaban J connectivity index is 1.53. The number of piperidine rings is 1. The Bertz CT molecular complexity index is 1030. The smallest absolute Gasteiger partial charge is 0.276 e. The first kappa shape index (κ1) is 18.4. The second-order valence-corrected chi connectivity index (χ2v) is 9.73. The van der Waals surface area contributed by atoms with Crippen LogP contribution in [0.1, 0.15) is 54.6 Å². The molecule has 0 atom stereocenters. The molecule has 2 fully saturated rings. The molecule has 1 aliphatic carbocycles. The monoisotopic (exact) mass is 390 g/mol. The van der Waals surface area contributed by atoms with Crippen LogP contribution in [0.15, 0.2) is 27.9 Å². The molecule has 7 nitrogen and oxygen atoms in total. The zero-order valence-corrected chi connectivity index (χ0v) is 16.9. The topological polar surface area (TPSA) is 77.2 Å². The fraction of sp³-hybridized carbons (Fsp3) is 0.579. The second kappa shape index (κ2) is 6.60. The molecule has 4 rings (SSSR count). The molecule has 0 N–H and O–H groups in total. The van der Waals surface area contributed by atoms with Crippen molar-refractivity contribution in [3.8, 4) is 0 Å². The van der Waals surface area contributed by atoms with Crippen molar-refractivity contribution >= 4 is 10.0 Å². The van der Waals surface area contributed by atoms with Crippen LogP contribution < -0.4 is 5.69 Å². The quantitative estimate of drug-likeness (QED) is 0.801. The molecular formula is C19H26N4O3S. The van der Waals surface area contributed by atoms with Crippen LogP contribution >= 0.6 is 0 Å². The van der Waals surface area contributed by atoms with E-state index in [1.807, 2.05) is 24.5 Å². The standard InChI is InChI=1S/C19H26N4O3S/c1-13-4-7-17(12-14(13)2)27(25,26)22-10-8-15(9-11-22)18-20-21(3)19(24)23(18)16-5-6-16/h4,7,12,15-16H,5-6,8-11H2,1-3H3. The molecule has 0 bridgehead atoms. The van der Waals surface area contributed by atoms with Crippen molar-refractivity contribution in [1.29, 1.82) is 0 Å². The molecule has 8 heteroatoms.